The lowest BCUT2D eigenvalue weighted by Crippen LogP contribution is -2.35. The minimum absolute atomic E-state index is 0.0622. The van der Waals surface area contributed by atoms with E-state index in [1.165, 1.54) is 0 Å². The van der Waals surface area contributed by atoms with Crippen LogP contribution in [0.15, 0.2) is 30.3 Å². The summed E-state index contributed by atoms with van der Waals surface area (Å²) in [7, 11) is 0. The monoisotopic (exact) mass is 323 g/mol. The molecule has 0 radical (unpaired) electrons. The quantitative estimate of drug-likeness (QED) is 0.854. The third kappa shape index (κ3) is 2.81. The molecule has 1 heterocycles. The number of aromatic hydroxyl groups is 1. The number of benzene rings is 2. The zero-order valence-electron chi connectivity index (χ0n) is 11.8. The van der Waals surface area contributed by atoms with Crippen molar-refractivity contribution in [1.82, 2.24) is 5.32 Å². The predicted octanol–water partition coefficient (Wildman–Crippen LogP) is 2.54. The Morgan fingerprint density at radius 1 is 1.26 bits per heavy atom. The van der Waals surface area contributed by atoms with Gasteiger partial charge in [-0.1, -0.05) is 18.2 Å². The number of carbonyl (C=O) groups is 1. The highest BCUT2D eigenvalue weighted by molar-refractivity contribution is 5.95. The van der Waals surface area contributed by atoms with Crippen LogP contribution in [0.1, 0.15) is 15.9 Å². The van der Waals surface area contributed by atoms with Gasteiger partial charge in [0, 0.05) is 6.42 Å². The van der Waals surface area contributed by atoms with Gasteiger partial charge in [0.1, 0.15) is 11.9 Å². The average Bonchev–Trinajstić information content (AvgIpc) is 2.97. The fraction of sp³-hybridized carbons (Fsp3) is 0.188. The molecule has 2 aromatic rings. The number of para-hydroxylation sites is 1. The van der Waals surface area contributed by atoms with Crippen molar-refractivity contribution < 1.29 is 27.8 Å². The van der Waals surface area contributed by atoms with E-state index in [4.69, 9.17) is 9.84 Å². The van der Waals surface area contributed by atoms with Gasteiger partial charge in [-0.15, -0.1) is 0 Å². The van der Waals surface area contributed by atoms with E-state index >= 15 is 0 Å². The molecular weight excluding hydrogens is 311 g/mol. The molecule has 2 N–H and O–H groups in total. The lowest BCUT2D eigenvalue weighted by molar-refractivity contribution is 0.0927. The number of phenolic OH excluding ortho intramolecular Hbond substituents is 1. The smallest absolute Gasteiger partial charge is 0.254 e. The normalized spacial score (nSPS) is 15.9. The van der Waals surface area contributed by atoms with Gasteiger partial charge in [-0.05, 0) is 17.7 Å². The van der Waals surface area contributed by atoms with Crippen molar-refractivity contribution in [3.8, 4) is 11.5 Å². The molecule has 0 unspecified atom stereocenters. The molecule has 0 fully saturated rings. The fourth-order valence-corrected chi connectivity index (χ4v) is 2.43. The first-order valence-corrected chi connectivity index (χ1v) is 6.86. The summed E-state index contributed by atoms with van der Waals surface area (Å²) in [5.74, 6) is -6.50. The molecule has 1 aliphatic heterocycles. The third-order valence-corrected chi connectivity index (χ3v) is 3.58. The van der Waals surface area contributed by atoms with Gasteiger partial charge in [-0.25, -0.2) is 8.78 Å². The Balaban J connectivity index is 1.67. The van der Waals surface area contributed by atoms with Crippen molar-refractivity contribution >= 4 is 5.91 Å². The van der Waals surface area contributed by atoms with Crippen molar-refractivity contribution in [2.75, 3.05) is 6.54 Å². The largest absolute Gasteiger partial charge is 0.503 e. The van der Waals surface area contributed by atoms with Gasteiger partial charge in [0.15, 0.2) is 17.4 Å². The Labute approximate surface area is 129 Å². The number of nitrogens with one attached hydrogen (secondary N) is 1. The van der Waals surface area contributed by atoms with E-state index < -0.39 is 34.7 Å². The Bertz CT molecular complexity index is 754. The number of rotatable bonds is 3. The van der Waals surface area contributed by atoms with E-state index in [1.807, 2.05) is 18.2 Å². The van der Waals surface area contributed by atoms with Crippen LogP contribution >= 0.6 is 0 Å². The van der Waals surface area contributed by atoms with Gasteiger partial charge in [-0.3, -0.25) is 4.79 Å². The van der Waals surface area contributed by atoms with Crippen LogP contribution < -0.4 is 10.1 Å². The Kier molecular flexibility index (Phi) is 3.85. The van der Waals surface area contributed by atoms with Gasteiger partial charge in [-0.2, -0.15) is 4.39 Å². The first-order chi connectivity index (χ1) is 11.0. The zero-order valence-corrected chi connectivity index (χ0v) is 11.8. The number of ether oxygens (including phenoxy) is 1. The van der Waals surface area contributed by atoms with Crippen molar-refractivity contribution in [3.63, 3.8) is 0 Å². The van der Waals surface area contributed by atoms with Crippen molar-refractivity contribution in [2.45, 2.75) is 12.5 Å². The second kappa shape index (κ2) is 5.83. The number of halogens is 3. The maximum atomic E-state index is 13.7. The van der Waals surface area contributed by atoms with Gasteiger partial charge in [0.05, 0.1) is 12.1 Å². The second-order valence-electron chi connectivity index (χ2n) is 5.14. The van der Waals surface area contributed by atoms with Crippen LogP contribution in [0.4, 0.5) is 13.2 Å². The molecule has 0 saturated heterocycles. The number of fused-ring (bicyclic) bond motifs is 1. The molecule has 1 atom stereocenters. The highest BCUT2D eigenvalue weighted by atomic mass is 19.2. The van der Waals surface area contributed by atoms with E-state index in [0.717, 1.165) is 5.56 Å². The van der Waals surface area contributed by atoms with E-state index in [-0.39, 0.29) is 12.6 Å². The van der Waals surface area contributed by atoms with Crippen molar-refractivity contribution in [2.24, 2.45) is 0 Å². The summed E-state index contributed by atoms with van der Waals surface area (Å²) in [4.78, 5) is 11.9. The third-order valence-electron chi connectivity index (χ3n) is 3.58. The molecule has 120 valence electrons. The molecule has 1 aliphatic rings. The molecule has 2 aromatic carbocycles. The summed E-state index contributed by atoms with van der Waals surface area (Å²) in [5.41, 5.74) is 0.223. The second-order valence-corrected chi connectivity index (χ2v) is 5.14. The number of hydrogen-bond acceptors (Lipinski definition) is 3. The van der Waals surface area contributed by atoms with Crippen molar-refractivity contribution in [3.05, 3.63) is 58.9 Å². The lowest BCUT2D eigenvalue weighted by atomic mass is 10.1. The van der Waals surface area contributed by atoms with Gasteiger partial charge < -0.3 is 15.2 Å². The Hall–Kier alpha value is -2.70. The maximum absolute atomic E-state index is 13.7. The molecule has 0 spiro atoms. The molecule has 4 nitrogen and oxygen atoms in total. The van der Waals surface area contributed by atoms with Gasteiger partial charge >= 0.3 is 0 Å². The molecule has 7 heteroatoms. The number of amides is 1. The minimum Gasteiger partial charge on any atom is -0.503 e. The Morgan fingerprint density at radius 2 is 2.00 bits per heavy atom. The predicted molar refractivity (Wildman–Crippen MR) is 74.9 cm³/mol. The molecule has 0 bridgehead atoms. The lowest BCUT2D eigenvalue weighted by Gasteiger charge is -2.12. The molecule has 23 heavy (non-hydrogen) atoms. The first-order valence-electron chi connectivity index (χ1n) is 6.86. The fourth-order valence-electron chi connectivity index (χ4n) is 2.43. The first kappa shape index (κ1) is 15.2. The highest BCUT2D eigenvalue weighted by Gasteiger charge is 2.25. The van der Waals surface area contributed by atoms with Crippen LogP contribution in [0.3, 0.4) is 0 Å². The van der Waals surface area contributed by atoms with Crippen LogP contribution in [0.25, 0.3) is 0 Å². The zero-order chi connectivity index (χ0) is 16.6. The topological polar surface area (TPSA) is 58.6 Å². The van der Waals surface area contributed by atoms with E-state index in [1.54, 1.807) is 6.07 Å². The molecule has 0 saturated carbocycles. The van der Waals surface area contributed by atoms with Crippen LogP contribution in [-0.2, 0) is 6.42 Å². The van der Waals surface area contributed by atoms with Crippen LogP contribution in [-0.4, -0.2) is 23.7 Å². The number of phenols is 1. The number of carbonyl (C=O) groups excluding carboxylic acids is 1. The molecule has 0 aromatic heterocycles. The van der Waals surface area contributed by atoms with E-state index in [9.17, 15) is 18.0 Å². The summed E-state index contributed by atoms with van der Waals surface area (Å²) < 4.78 is 45.5. The molecule has 3 rings (SSSR count). The van der Waals surface area contributed by atoms with E-state index in [0.29, 0.717) is 18.2 Å². The van der Waals surface area contributed by atoms with Crippen LogP contribution in [0, 0.1) is 17.5 Å². The van der Waals surface area contributed by atoms with Gasteiger partial charge in [0.2, 0.25) is 5.82 Å². The average molecular weight is 323 g/mol. The summed E-state index contributed by atoms with van der Waals surface area (Å²) in [6.07, 6.45) is 0.236. The minimum atomic E-state index is -1.73. The van der Waals surface area contributed by atoms with Crippen LogP contribution in [0.2, 0.25) is 0 Å². The van der Waals surface area contributed by atoms with Crippen molar-refractivity contribution in [1.29, 1.82) is 0 Å². The van der Waals surface area contributed by atoms with Gasteiger partial charge in [0.25, 0.3) is 5.91 Å². The summed E-state index contributed by atoms with van der Waals surface area (Å²) in [6, 6.07) is 7.78. The highest BCUT2D eigenvalue weighted by Crippen LogP contribution is 2.28. The summed E-state index contributed by atoms with van der Waals surface area (Å²) in [5, 5.41) is 11.5. The molecule has 0 aliphatic carbocycles. The maximum Gasteiger partial charge on any atom is 0.254 e. The molecule has 1 amide bonds. The van der Waals surface area contributed by atoms with Crippen LogP contribution in [0.5, 0.6) is 11.5 Å². The van der Waals surface area contributed by atoms with E-state index in [2.05, 4.69) is 5.32 Å². The number of hydrogen-bond donors (Lipinski definition) is 2. The SMILES string of the molecule is O=C(NC[C@H]1Cc2ccccc2O1)c1cc(F)c(F)c(O)c1F. The summed E-state index contributed by atoms with van der Waals surface area (Å²) in [6.45, 7) is 0.0622. The summed E-state index contributed by atoms with van der Waals surface area (Å²) >= 11 is 0. The molecular formula is C16H12F3NO3. The Morgan fingerprint density at radius 3 is 2.74 bits per heavy atom. The standard InChI is InChI=1S/C16H12F3NO3/c17-11-6-10(13(18)15(21)14(11)19)16(22)20-7-9-5-8-3-1-2-4-12(8)23-9/h1-4,6,9,21H,5,7H2,(H,20,22)/t9-/m1/s1.